The van der Waals surface area contributed by atoms with E-state index in [1.807, 2.05) is 21.7 Å². The quantitative estimate of drug-likeness (QED) is 0.717. The van der Waals surface area contributed by atoms with Gasteiger partial charge in [-0.2, -0.15) is 5.10 Å². The summed E-state index contributed by atoms with van der Waals surface area (Å²) in [5, 5.41) is 7.66. The normalized spacial score (nSPS) is 16.6. The van der Waals surface area contributed by atoms with Crippen LogP contribution in [0.15, 0.2) is 53.5 Å². The van der Waals surface area contributed by atoms with Gasteiger partial charge in [-0.15, -0.1) is 0 Å². The summed E-state index contributed by atoms with van der Waals surface area (Å²) in [5.74, 6) is 1.68. The molecule has 1 aliphatic rings. The molecule has 1 N–H and O–H groups in total. The molecule has 0 saturated carbocycles. The van der Waals surface area contributed by atoms with Crippen molar-refractivity contribution in [1.29, 1.82) is 0 Å². The summed E-state index contributed by atoms with van der Waals surface area (Å²) in [7, 11) is 0. The van der Waals surface area contributed by atoms with E-state index in [0.717, 1.165) is 25.2 Å². The maximum atomic E-state index is 12.8. The number of hydrogen-bond donors (Lipinski definition) is 1. The number of carbonyl (C=O) groups is 1. The number of carbonyl (C=O) groups excluding carboxylic acids is 1. The molecule has 3 aromatic heterocycles. The second-order valence-electron chi connectivity index (χ2n) is 6.69. The first-order chi connectivity index (χ1) is 13.3. The molecule has 1 aliphatic heterocycles. The molecule has 3 aromatic rings. The Morgan fingerprint density at radius 3 is 2.89 bits per heavy atom. The fourth-order valence-corrected chi connectivity index (χ4v) is 3.36. The van der Waals surface area contributed by atoms with Crippen molar-refractivity contribution in [3.8, 4) is 0 Å². The van der Waals surface area contributed by atoms with E-state index in [1.54, 1.807) is 37.0 Å². The fourth-order valence-electron chi connectivity index (χ4n) is 3.36. The van der Waals surface area contributed by atoms with Crippen molar-refractivity contribution < 1.29 is 9.21 Å². The fraction of sp³-hybridized carbons (Fsp3) is 0.368. The van der Waals surface area contributed by atoms with E-state index in [9.17, 15) is 4.79 Å². The Morgan fingerprint density at radius 2 is 2.07 bits per heavy atom. The van der Waals surface area contributed by atoms with Crippen LogP contribution < -0.4 is 5.32 Å². The SMILES string of the molecule is O=C(Cc1ccco1)N1Cc2ccnn2C[C@@H](CCNc2ncccn2)C1. The third kappa shape index (κ3) is 4.33. The van der Waals surface area contributed by atoms with E-state index in [-0.39, 0.29) is 12.3 Å². The predicted molar refractivity (Wildman–Crippen MR) is 98.7 cm³/mol. The summed E-state index contributed by atoms with van der Waals surface area (Å²) in [6.45, 7) is 2.81. The van der Waals surface area contributed by atoms with Crippen LogP contribution in [0.3, 0.4) is 0 Å². The highest BCUT2D eigenvalue weighted by atomic mass is 16.3. The Balaban J connectivity index is 1.41. The largest absolute Gasteiger partial charge is 0.469 e. The lowest BCUT2D eigenvalue weighted by molar-refractivity contribution is -0.131. The van der Waals surface area contributed by atoms with Crippen molar-refractivity contribution in [1.82, 2.24) is 24.6 Å². The zero-order valence-electron chi connectivity index (χ0n) is 15.0. The smallest absolute Gasteiger partial charge is 0.230 e. The maximum Gasteiger partial charge on any atom is 0.230 e. The summed E-state index contributed by atoms with van der Waals surface area (Å²) in [6, 6.07) is 7.41. The third-order valence-electron chi connectivity index (χ3n) is 4.73. The van der Waals surface area contributed by atoms with Gasteiger partial charge in [0.05, 0.1) is 24.9 Å². The lowest BCUT2D eigenvalue weighted by atomic mass is 10.0. The van der Waals surface area contributed by atoms with Crippen molar-refractivity contribution in [3.63, 3.8) is 0 Å². The monoisotopic (exact) mass is 366 g/mol. The molecule has 0 fully saturated rings. The summed E-state index contributed by atoms with van der Waals surface area (Å²) in [4.78, 5) is 23.1. The number of rotatable bonds is 6. The van der Waals surface area contributed by atoms with Crippen LogP contribution >= 0.6 is 0 Å². The van der Waals surface area contributed by atoms with E-state index < -0.39 is 0 Å². The van der Waals surface area contributed by atoms with Crippen LogP contribution in [0.2, 0.25) is 0 Å². The van der Waals surface area contributed by atoms with Crippen LogP contribution in [0, 0.1) is 5.92 Å². The van der Waals surface area contributed by atoms with Crippen LogP contribution in [0.4, 0.5) is 5.95 Å². The molecule has 0 aromatic carbocycles. The zero-order valence-corrected chi connectivity index (χ0v) is 15.0. The summed E-state index contributed by atoms with van der Waals surface area (Å²) in [5.41, 5.74) is 1.06. The number of amides is 1. The topological polar surface area (TPSA) is 89.1 Å². The zero-order chi connectivity index (χ0) is 18.5. The number of nitrogens with one attached hydrogen (secondary N) is 1. The molecular weight excluding hydrogens is 344 g/mol. The maximum absolute atomic E-state index is 12.8. The van der Waals surface area contributed by atoms with Gasteiger partial charge in [-0.3, -0.25) is 9.48 Å². The van der Waals surface area contributed by atoms with Gasteiger partial charge >= 0.3 is 0 Å². The molecule has 1 amide bonds. The number of anilines is 1. The molecular formula is C19H22N6O2. The first-order valence-corrected chi connectivity index (χ1v) is 9.09. The van der Waals surface area contributed by atoms with E-state index in [0.29, 0.717) is 30.7 Å². The Bertz CT molecular complexity index is 861. The van der Waals surface area contributed by atoms with Gasteiger partial charge in [0.2, 0.25) is 11.9 Å². The van der Waals surface area contributed by atoms with Gasteiger partial charge in [0.1, 0.15) is 5.76 Å². The van der Waals surface area contributed by atoms with E-state index in [2.05, 4.69) is 20.4 Å². The standard InChI is InChI=1S/C19H22N6O2/c26-18(11-17-3-1-10-27-17)24-12-15(13-25-16(14-24)5-9-23-25)4-8-22-19-20-6-2-7-21-19/h1-3,5-7,9-10,15H,4,8,11-14H2,(H,20,21,22)/t15-/m0/s1. The Kier molecular flexibility index (Phi) is 5.13. The molecule has 4 rings (SSSR count). The Morgan fingerprint density at radius 1 is 1.19 bits per heavy atom. The van der Waals surface area contributed by atoms with Gasteiger partial charge in [-0.25, -0.2) is 9.97 Å². The molecule has 1 atom stereocenters. The van der Waals surface area contributed by atoms with Crippen molar-refractivity contribution >= 4 is 11.9 Å². The van der Waals surface area contributed by atoms with E-state index in [4.69, 9.17) is 4.42 Å². The molecule has 0 unspecified atom stereocenters. The average Bonchev–Trinajstić information content (AvgIpc) is 3.31. The number of hydrogen-bond acceptors (Lipinski definition) is 6. The molecule has 0 bridgehead atoms. The lowest BCUT2D eigenvalue weighted by Gasteiger charge is -2.24. The Hall–Kier alpha value is -3.16. The number of fused-ring (bicyclic) bond motifs is 1. The van der Waals surface area contributed by atoms with Crippen LogP contribution in [0.5, 0.6) is 0 Å². The first kappa shape index (κ1) is 17.3. The predicted octanol–water partition coefficient (Wildman–Crippen LogP) is 1.97. The molecule has 0 radical (unpaired) electrons. The van der Waals surface area contributed by atoms with Crippen LogP contribution in [0.1, 0.15) is 17.9 Å². The minimum Gasteiger partial charge on any atom is -0.469 e. The molecule has 8 nitrogen and oxygen atoms in total. The molecule has 27 heavy (non-hydrogen) atoms. The molecule has 140 valence electrons. The number of furan rings is 1. The van der Waals surface area contributed by atoms with Crippen molar-refractivity contribution in [2.24, 2.45) is 5.92 Å². The molecule has 0 spiro atoms. The van der Waals surface area contributed by atoms with Crippen LogP contribution in [-0.4, -0.2) is 43.6 Å². The Labute approximate surface area is 157 Å². The first-order valence-electron chi connectivity index (χ1n) is 9.09. The highest BCUT2D eigenvalue weighted by Gasteiger charge is 2.25. The highest BCUT2D eigenvalue weighted by Crippen LogP contribution is 2.19. The second-order valence-corrected chi connectivity index (χ2v) is 6.69. The average molecular weight is 366 g/mol. The molecule has 8 heteroatoms. The van der Waals surface area contributed by atoms with Gasteiger partial charge < -0.3 is 14.6 Å². The summed E-state index contributed by atoms with van der Waals surface area (Å²) in [6.07, 6.45) is 7.99. The van der Waals surface area contributed by atoms with Gasteiger partial charge in [-0.05, 0) is 36.6 Å². The van der Waals surface area contributed by atoms with Gasteiger partial charge in [0, 0.05) is 38.2 Å². The highest BCUT2D eigenvalue weighted by molar-refractivity contribution is 5.78. The van der Waals surface area contributed by atoms with Crippen molar-refractivity contribution in [2.75, 3.05) is 18.4 Å². The third-order valence-corrected chi connectivity index (χ3v) is 4.73. The van der Waals surface area contributed by atoms with Crippen LogP contribution in [-0.2, 0) is 24.3 Å². The minimum atomic E-state index is 0.0731. The van der Waals surface area contributed by atoms with Gasteiger partial charge in [-0.1, -0.05) is 0 Å². The molecule has 0 saturated heterocycles. The second kappa shape index (κ2) is 8.03. The van der Waals surface area contributed by atoms with Crippen molar-refractivity contribution in [3.05, 3.63) is 60.6 Å². The van der Waals surface area contributed by atoms with Gasteiger partial charge in [0.15, 0.2) is 0 Å². The van der Waals surface area contributed by atoms with Gasteiger partial charge in [0.25, 0.3) is 0 Å². The number of nitrogens with zero attached hydrogens (tertiary/aromatic N) is 5. The summed E-state index contributed by atoms with van der Waals surface area (Å²) >= 11 is 0. The molecule has 0 aliphatic carbocycles. The number of aromatic nitrogens is 4. The molecule has 4 heterocycles. The van der Waals surface area contributed by atoms with Crippen molar-refractivity contribution in [2.45, 2.75) is 25.9 Å². The minimum absolute atomic E-state index is 0.0731. The van der Waals surface area contributed by atoms with Crippen LogP contribution in [0.25, 0.3) is 0 Å². The lowest BCUT2D eigenvalue weighted by Crippen LogP contribution is -2.35. The van der Waals surface area contributed by atoms with E-state index in [1.165, 1.54) is 0 Å². The van der Waals surface area contributed by atoms with E-state index >= 15 is 0 Å². The summed E-state index contributed by atoms with van der Waals surface area (Å²) < 4.78 is 7.34.